The van der Waals surface area contributed by atoms with E-state index in [-0.39, 0.29) is 0 Å². The van der Waals surface area contributed by atoms with Crippen molar-refractivity contribution in [2.45, 2.75) is 26.7 Å². The Bertz CT molecular complexity index is 971. The number of benzene rings is 1. The van der Waals surface area contributed by atoms with Gasteiger partial charge in [0.1, 0.15) is 11.5 Å². The molecule has 0 spiro atoms. The van der Waals surface area contributed by atoms with Crippen molar-refractivity contribution in [1.82, 2.24) is 14.4 Å². The lowest BCUT2D eigenvalue weighted by molar-refractivity contribution is 0.201. The van der Waals surface area contributed by atoms with E-state index in [1.807, 2.05) is 13.8 Å². The highest BCUT2D eigenvalue weighted by atomic mass is 35.5. The zero-order valence-electron chi connectivity index (χ0n) is 14.4. The van der Waals surface area contributed by atoms with Crippen molar-refractivity contribution >= 4 is 40.8 Å². The van der Waals surface area contributed by atoms with E-state index in [9.17, 15) is 9.90 Å². The van der Waals surface area contributed by atoms with E-state index in [2.05, 4.69) is 9.97 Å². The number of aryl methyl sites for hydroxylation is 1. The summed E-state index contributed by atoms with van der Waals surface area (Å²) < 4.78 is 1.76. The average molecular weight is 393 g/mol. The third kappa shape index (κ3) is 3.22. The predicted octanol–water partition coefficient (Wildman–Crippen LogP) is 5.16. The number of rotatable bonds is 5. The van der Waals surface area contributed by atoms with E-state index in [1.54, 1.807) is 35.0 Å². The maximum Gasteiger partial charge on any atom is 0.413 e. The standard InChI is InChI=1S/C18H18Cl2N4O2/c1-3-8-24(18(25)26)17-14(4-2)22-16-15(21-7-9-23(16)17)12-6-5-11(19)10-13(12)20/h5-7,9-10H,3-4,8H2,1-2H3,(H,25,26). The summed E-state index contributed by atoms with van der Waals surface area (Å²) in [6, 6.07) is 5.17. The first-order valence-corrected chi connectivity index (χ1v) is 9.05. The molecule has 2 heterocycles. The molecule has 8 heteroatoms. The number of hydrogen-bond acceptors (Lipinski definition) is 3. The molecule has 0 saturated heterocycles. The molecule has 0 radical (unpaired) electrons. The van der Waals surface area contributed by atoms with Crippen LogP contribution < -0.4 is 4.90 Å². The van der Waals surface area contributed by atoms with E-state index >= 15 is 0 Å². The van der Waals surface area contributed by atoms with Gasteiger partial charge in [0.25, 0.3) is 0 Å². The van der Waals surface area contributed by atoms with Crippen LogP contribution in [-0.4, -0.2) is 32.1 Å². The summed E-state index contributed by atoms with van der Waals surface area (Å²) in [4.78, 5) is 22.2. The summed E-state index contributed by atoms with van der Waals surface area (Å²) in [5, 5.41) is 10.6. The maximum atomic E-state index is 11.8. The number of aromatic nitrogens is 3. The van der Waals surface area contributed by atoms with Gasteiger partial charge < -0.3 is 5.11 Å². The predicted molar refractivity (Wildman–Crippen MR) is 103 cm³/mol. The van der Waals surface area contributed by atoms with Crippen LogP contribution in [0.4, 0.5) is 10.6 Å². The first-order chi connectivity index (χ1) is 12.5. The number of carbonyl (C=O) groups is 1. The molecule has 0 aliphatic carbocycles. The van der Waals surface area contributed by atoms with Gasteiger partial charge in [-0.15, -0.1) is 0 Å². The highest BCUT2D eigenvalue weighted by Crippen LogP contribution is 2.33. The highest BCUT2D eigenvalue weighted by molar-refractivity contribution is 6.36. The molecular formula is C18H18Cl2N4O2. The second-order valence-electron chi connectivity index (χ2n) is 5.76. The molecule has 0 saturated carbocycles. The van der Waals surface area contributed by atoms with Gasteiger partial charge in [-0.1, -0.05) is 37.0 Å². The Morgan fingerprint density at radius 1 is 1.31 bits per heavy atom. The molecule has 0 atom stereocenters. The number of hydrogen-bond donors (Lipinski definition) is 1. The molecule has 136 valence electrons. The minimum atomic E-state index is -1.01. The monoisotopic (exact) mass is 392 g/mol. The Kier molecular flexibility index (Phi) is 5.34. The topological polar surface area (TPSA) is 70.7 Å². The van der Waals surface area contributed by atoms with Crippen LogP contribution in [0.15, 0.2) is 30.6 Å². The van der Waals surface area contributed by atoms with Gasteiger partial charge in [-0.3, -0.25) is 14.3 Å². The van der Waals surface area contributed by atoms with Crippen LogP contribution in [-0.2, 0) is 6.42 Å². The minimum absolute atomic E-state index is 0.384. The van der Waals surface area contributed by atoms with Crippen molar-refractivity contribution < 1.29 is 9.90 Å². The van der Waals surface area contributed by atoms with Crippen molar-refractivity contribution in [3.8, 4) is 11.3 Å². The van der Waals surface area contributed by atoms with E-state index in [1.165, 1.54) is 4.90 Å². The van der Waals surface area contributed by atoms with Crippen LogP contribution in [0.1, 0.15) is 26.0 Å². The summed E-state index contributed by atoms with van der Waals surface area (Å²) >= 11 is 12.3. The summed E-state index contributed by atoms with van der Waals surface area (Å²) in [6.45, 7) is 4.26. The zero-order chi connectivity index (χ0) is 18.8. The van der Waals surface area contributed by atoms with Crippen LogP contribution >= 0.6 is 23.2 Å². The third-order valence-electron chi connectivity index (χ3n) is 4.04. The van der Waals surface area contributed by atoms with E-state index < -0.39 is 6.09 Å². The first kappa shape index (κ1) is 18.5. The maximum absolute atomic E-state index is 11.8. The number of anilines is 1. The number of imidazole rings is 1. The molecule has 3 rings (SSSR count). The quantitative estimate of drug-likeness (QED) is 0.650. The zero-order valence-corrected chi connectivity index (χ0v) is 15.9. The van der Waals surface area contributed by atoms with Crippen LogP contribution in [0.25, 0.3) is 16.9 Å². The number of carboxylic acid groups (broad SMARTS) is 1. The highest BCUT2D eigenvalue weighted by Gasteiger charge is 2.24. The van der Waals surface area contributed by atoms with Gasteiger partial charge in [0.05, 0.1) is 10.7 Å². The van der Waals surface area contributed by atoms with Crippen LogP contribution in [0, 0.1) is 0 Å². The number of fused-ring (bicyclic) bond motifs is 1. The van der Waals surface area contributed by atoms with Gasteiger partial charge in [0.2, 0.25) is 0 Å². The Labute approximate surface area is 161 Å². The molecular weight excluding hydrogens is 375 g/mol. The van der Waals surface area contributed by atoms with Gasteiger partial charge in [0.15, 0.2) is 5.65 Å². The molecule has 0 unspecified atom stereocenters. The van der Waals surface area contributed by atoms with Gasteiger partial charge in [0, 0.05) is 29.5 Å². The van der Waals surface area contributed by atoms with Gasteiger partial charge in [-0.05, 0) is 31.0 Å². The third-order valence-corrected chi connectivity index (χ3v) is 4.59. The summed E-state index contributed by atoms with van der Waals surface area (Å²) in [5.74, 6) is 0.547. The van der Waals surface area contributed by atoms with Crippen molar-refractivity contribution in [3.63, 3.8) is 0 Å². The second-order valence-corrected chi connectivity index (χ2v) is 6.61. The molecule has 0 aliphatic heterocycles. The van der Waals surface area contributed by atoms with Crippen molar-refractivity contribution in [2.24, 2.45) is 0 Å². The minimum Gasteiger partial charge on any atom is -0.465 e. The largest absolute Gasteiger partial charge is 0.465 e. The molecule has 2 aromatic heterocycles. The molecule has 1 amide bonds. The normalized spacial score (nSPS) is 11.1. The number of halogens is 2. The molecule has 1 N–H and O–H groups in total. The lowest BCUT2D eigenvalue weighted by Gasteiger charge is -2.19. The molecule has 6 nitrogen and oxygen atoms in total. The Morgan fingerprint density at radius 2 is 2.08 bits per heavy atom. The fourth-order valence-electron chi connectivity index (χ4n) is 2.92. The molecule has 1 aromatic carbocycles. The van der Waals surface area contributed by atoms with E-state index in [0.29, 0.717) is 57.8 Å². The molecule has 3 aromatic rings. The Morgan fingerprint density at radius 3 is 2.69 bits per heavy atom. The van der Waals surface area contributed by atoms with Crippen molar-refractivity contribution in [3.05, 3.63) is 46.3 Å². The van der Waals surface area contributed by atoms with Gasteiger partial charge in [-0.2, -0.15) is 0 Å². The molecule has 0 bridgehead atoms. The lowest BCUT2D eigenvalue weighted by atomic mass is 10.1. The Balaban J connectivity index is 2.28. The average Bonchev–Trinajstić information content (AvgIpc) is 2.98. The van der Waals surface area contributed by atoms with E-state index in [0.717, 1.165) is 0 Å². The van der Waals surface area contributed by atoms with Gasteiger partial charge >= 0.3 is 6.09 Å². The SMILES string of the molecule is CCCN(C(=O)O)c1c(CC)nc2c(-c3ccc(Cl)cc3Cl)nccn12. The summed E-state index contributed by atoms with van der Waals surface area (Å²) in [7, 11) is 0. The molecule has 0 fully saturated rings. The summed E-state index contributed by atoms with van der Waals surface area (Å²) in [6.07, 6.45) is 3.62. The Hall–Kier alpha value is -2.31. The van der Waals surface area contributed by atoms with Crippen molar-refractivity contribution in [2.75, 3.05) is 11.4 Å². The van der Waals surface area contributed by atoms with Crippen LogP contribution in [0.3, 0.4) is 0 Å². The molecule has 0 aliphatic rings. The first-order valence-electron chi connectivity index (χ1n) is 8.29. The second kappa shape index (κ2) is 7.51. The van der Waals surface area contributed by atoms with Crippen LogP contribution in [0.2, 0.25) is 10.0 Å². The smallest absolute Gasteiger partial charge is 0.413 e. The van der Waals surface area contributed by atoms with Crippen LogP contribution in [0.5, 0.6) is 0 Å². The fraction of sp³-hybridized carbons (Fsp3) is 0.278. The molecule has 26 heavy (non-hydrogen) atoms. The number of nitrogens with zero attached hydrogens (tertiary/aromatic N) is 4. The number of amides is 1. The van der Waals surface area contributed by atoms with Gasteiger partial charge in [-0.25, -0.2) is 9.78 Å². The lowest BCUT2D eigenvalue weighted by Crippen LogP contribution is -2.31. The fourth-order valence-corrected chi connectivity index (χ4v) is 3.42. The van der Waals surface area contributed by atoms with Crippen molar-refractivity contribution in [1.29, 1.82) is 0 Å². The van der Waals surface area contributed by atoms with E-state index in [4.69, 9.17) is 23.2 Å². The summed E-state index contributed by atoms with van der Waals surface area (Å²) in [5.41, 5.74) is 2.53.